The largest absolute Gasteiger partial charge is 0.328 e. The standard InChI is InChI=1S/C23H25N5OS/c1-4-14-30-23-26-22-24-16(3)19(21(29)25-18-12-10-15(2)11-13-18)20(28(22)27-23)17-8-6-5-7-9-17/h5-13,20H,4,14H2,1-3H3,(H,25,29)(H,24,26,27). The molecule has 30 heavy (non-hydrogen) atoms. The first-order valence-electron chi connectivity index (χ1n) is 10.1. The third-order valence-corrected chi connectivity index (χ3v) is 5.98. The molecular formula is C23H25N5OS. The number of allylic oxidation sites excluding steroid dienone is 1. The van der Waals surface area contributed by atoms with Gasteiger partial charge in [0.1, 0.15) is 6.04 Å². The van der Waals surface area contributed by atoms with E-state index in [1.54, 1.807) is 11.8 Å². The number of anilines is 2. The summed E-state index contributed by atoms with van der Waals surface area (Å²) in [5.74, 6) is 1.46. The maximum absolute atomic E-state index is 13.4. The van der Waals surface area contributed by atoms with Crippen LogP contribution in [-0.2, 0) is 4.79 Å². The van der Waals surface area contributed by atoms with Crippen LogP contribution in [0.2, 0.25) is 0 Å². The van der Waals surface area contributed by atoms with Crippen LogP contribution in [0.1, 0.15) is 37.4 Å². The van der Waals surface area contributed by atoms with Crippen molar-refractivity contribution in [2.75, 3.05) is 16.4 Å². The van der Waals surface area contributed by atoms with Crippen LogP contribution < -0.4 is 10.6 Å². The number of nitrogens with zero attached hydrogens (tertiary/aromatic N) is 3. The lowest BCUT2D eigenvalue weighted by atomic mass is 9.95. The number of fused-ring (bicyclic) bond motifs is 1. The first-order chi connectivity index (χ1) is 14.6. The molecule has 1 unspecified atom stereocenters. The lowest BCUT2D eigenvalue weighted by Gasteiger charge is -2.28. The first kappa shape index (κ1) is 20.2. The zero-order valence-corrected chi connectivity index (χ0v) is 18.2. The van der Waals surface area contributed by atoms with Crippen LogP contribution >= 0.6 is 11.8 Å². The van der Waals surface area contributed by atoms with E-state index in [1.807, 2.05) is 73.1 Å². The van der Waals surface area contributed by atoms with Crippen molar-refractivity contribution in [2.45, 2.75) is 38.4 Å². The zero-order chi connectivity index (χ0) is 21.1. The average molecular weight is 420 g/mol. The third-order valence-electron chi connectivity index (χ3n) is 4.94. The summed E-state index contributed by atoms with van der Waals surface area (Å²) in [5.41, 5.74) is 4.31. The highest BCUT2D eigenvalue weighted by Gasteiger charge is 2.34. The smallest absolute Gasteiger partial charge is 0.255 e. The predicted octanol–water partition coefficient (Wildman–Crippen LogP) is 5.02. The molecule has 3 aromatic rings. The van der Waals surface area contributed by atoms with Gasteiger partial charge in [-0.15, -0.1) is 5.10 Å². The van der Waals surface area contributed by atoms with E-state index < -0.39 is 0 Å². The molecule has 2 N–H and O–H groups in total. The molecule has 0 spiro atoms. The molecule has 1 atom stereocenters. The second kappa shape index (κ2) is 8.75. The number of carbonyl (C=O) groups is 1. The molecule has 0 aliphatic carbocycles. The lowest BCUT2D eigenvalue weighted by Crippen LogP contribution is -2.31. The van der Waals surface area contributed by atoms with E-state index in [4.69, 9.17) is 5.10 Å². The van der Waals surface area contributed by atoms with Gasteiger partial charge >= 0.3 is 0 Å². The van der Waals surface area contributed by atoms with E-state index in [2.05, 4.69) is 22.5 Å². The van der Waals surface area contributed by atoms with Gasteiger partial charge in [0.25, 0.3) is 5.91 Å². The van der Waals surface area contributed by atoms with E-state index in [1.165, 1.54) is 0 Å². The van der Waals surface area contributed by atoms with Crippen molar-refractivity contribution in [2.24, 2.45) is 0 Å². The van der Waals surface area contributed by atoms with Crippen molar-refractivity contribution in [3.05, 3.63) is 77.0 Å². The minimum atomic E-state index is -0.351. The summed E-state index contributed by atoms with van der Waals surface area (Å²) in [4.78, 5) is 18.0. The Morgan fingerprint density at radius 2 is 1.87 bits per heavy atom. The Labute approximate surface area is 180 Å². The molecule has 1 aliphatic heterocycles. The molecule has 2 heterocycles. The Morgan fingerprint density at radius 1 is 1.13 bits per heavy atom. The van der Waals surface area contributed by atoms with Crippen LogP contribution in [0.25, 0.3) is 0 Å². The number of thioether (sulfide) groups is 1. The fourth-order valence-electron chi connectivity index (χ4n) is 3.46. The van der Waals surface area contributed by atoms with Gasteiger partial charge in [-0.2, -0.15) is 4.98 Å². The van der Waals surface area contributed by atoms with Gasteiger partial charge in [0, 0.05) is 17.1 Å². The minimum absolute atomic E-state index is 0.151. The van der Waals surface area contributed by atoms with Crippen LogP contribution in [0.3, 0.4) is 0 Å². The molecule has 0 saturated heterocycles. The predicted molar refractivity (Wildman–Crippen MR) is 122 cm³/mol. The van der Waals surface area contributed by atoms with Gasteiger partial charge in [-0.05, 0) is 38.0 Å². The maximum atomic E-state index is 13.4. The van der Waals surface area contributed by atoms with Crippen molar-refractivity contribution >= 4 is 29.3 Å². The molecule has 0 fully saturated rings. The molecule has 6 nitrogen and oxygen atoms in total. The Hall–Kier alpha value is -3.06. The fourth-order valence-corrected chi connectivity index (χ4v) is 4.14. The highest BCUT2D eigenvalue weighted by Crippen LogP contribution is 2.36. The summed E-state index contributed by atoms with van der Waals surface area (Å²) in [6.07, 6.45) is 1.05. The van der Waals surface area contributed by atoms with Gasteiger partial charge in [0.05, 0.1) is 5.57 Å². The highest BCUT2D eigenvalue weighted by atomic mass is 32.2. The minimum Gasteiger partial charge on any atom is -0.328 e. The average Bonchev–Trinajstić information content (AvgIpc) is 3.15. The highest BCUT2D eigenvalue weighted by molar-refractivity contribution is 7.99. The summed E-state index contributed by atoms with van der Waals surface area (Å²) in [6.45, 7) is 6.07. The SMILES string of the molecule is CCCSc1nc2n(n1)C(c1ccccc1)C(C(=O)Nc1ccc(C)cc1)=C(C)N2. The molecule has 0 radical (unpaired) electrons. The summed E-state index contributed by atoms with van der Waals surface area (Å²) >= 11 is 1.62. The van der Waals surface area contributed by atoms with Crippen LogP contribution in [0.15, 0.2) is 71.0 Å². The number of hydrogen-bond acceptors (Lipinski definition) is 5. The molecule has 1 aromatic heterocycles. The number of hydrogen-bond donors (Lipinski definition) is 2. The second-order valence-corrected chi connectivity index (χ2v) is 8.37. The summed E-state index contributed by atoms with van der Waals surface area (Å²) in [7, 11) is 0. The van der Waals surface area contributed by atoms with E-state index >= 15 is 0 Å². The number of carbonyl (C=O) groups excluding carboxylic acids is 1. The van der Waals surface area contributed by atoms with Crippen LogP contribution in [0.4, 0.5) is 11.6 Å². The molecule has 0 bridgehead atoms. The Morgan fingerprint density at radius 3 is 2.57 bits per heavy atom. The van der Waals surface area contributed by atoms with Crippen LogP contribution in [0.5, 0.6) is 0 Å². The number of rotatable bonds is 6. The summed E-state index contributed by atoms with van der Waals surface area (Å²) in [6, 6.07) is 17.4. The number of aromatic nitrogens is 3. The molecule has 2 aromatic carbocycles. The van der Waals surface area contributed by atoms with Crippen molar-refractivity contribution in [3.8, 4) is 0 Å². The van der Waals surface area contributed by atoms with Crippen molar-refractivity contribution in [1.29, 1.82) is 0 Å². The zero-order valence-electron chi connectivity index (χ0n) is 17.3. The van der Waals surface area contributed by atoms with Crippen LogP contribution in [0, 0.1) is 6.92 Å². The van der Waals surface area contributed by atoms with E-state index in [-0.39, 0.29) is 11.9 Å². The van der Waals surface area contributed by atoms with Gasteiger partial charge in [-0.1, -0.05) is 66.7 Å². The lowest BCUT2D eigenvalue weighted by molar-refractivity contribution is -0.113. The topological polar surface area (TPSA) is 71.8 Å². The van der Waals surface area contributed by atoms with Crippen molar-refractivity contribution < 1.29 is 4.79 Å². The summed E-state index contributed by atoms with van der Waals surface area (Å²) < 4.78 is 1.82. The molecule has 1 aliphatic rings. The van der Waals surface area contributed by atoms with Gasteiger partial charge in [-0.3, -0.25) is 4.79 Å². The van der Waals surface area contributed by atoms with E-state index in [0.29, 0.717) is 16.7 Å². The van der Waals surface area contributed by atoms with Gasteiger partial charge in [0.2, 0.25) is 11.1 Å². The van der Waals surface area contributed by atoms with Crippen molar-refractivity contribution in [1.82, 2.24) is 14.8 Å². The van der Waals surface area contributed by atoms with Gasteiger partial charge in [0.15, 0.2) is 0 Å². The number of nitrogens with one attached hydrogen (secondary N) is 2. The Balaban J connectivity index is 1.73. The molecule has 1 amide bonds. The van der Waals surface area contributed by atoms with Gasteiger partial charge < -0.3 is 10.6 Å². The first-order valence-corrected chi connectivity index (χ1v) is 11.1. The summed E-state index contributed by atoms with van der Waals surface area (Å²) in [5, 5.41) is 11.8. The molecule has 4 rings (SSSR count). The molecule has 7 heteroatoms. The molecule has 154 valence electrons. The fraction of sp³-hybridized carbons (Fsp3) is 0.261. The third kappa shape index (κ3) is 4.11. The maximum Gasteiger partial charge on any atom is 0.255 e. The molecule has 0 saturated carbocycles. The van der Waals surface area contributed by atoms with E-state index in [9.17, 15) is 4.79 Å². The number of aryl methyl sites for hydroxylation is 1. The normalized spacial score (nSPS) is 15.5. The molecular weight excluding hydrogens is 394 g/mol. The monoisotopic (exact) mass is 419 g/mol. The van der Waals surface area contributed by atoms with Crippen LogP contribution in [-0.4, -0.2) is 26.4 Å². The quantitative estimate of drug-likeness (QED) is 0.549. The number of amides is 1. The Bertz CT molecular complexity index is 1070. The van der Waals surface area contributed by atoms with Crippen molar-refractivity contribution in [3.63, 3.8) is 0 Å². The van der Waals surface area contributed by atoms with E-state index in [0.717, 1.165) is 34.7 Å². The number of benzene rings is 2. The Kier molecular flexibility index (Phi) is 5.90. The van der Waals surface area contributed by atoms with Gasteiger partial charge in [-0.25, -0.2) is 4.68 Å². The second-order valence-electron chi connectivity index (χ2n) is 7.31.